The summed E-state index contributed by atoms with van der Waals surface area (Å²) in [6.45, 7) is 2.52. The Balaban J connectivity index is 1.75. The highest BCUT2D eigenvalue weighted by Gasteiger charge is 2.32. The number of hydrogen-bond donors (Lipinski definition) is 1. The van der Waals surface area contributed by atoms with E-state index in [1.807, 2.05) is 43.3 Å². The second kappa shape index (κ2) is 5.86. The van der Waals surface area contributed by atoms with Gasteiger partial charge in [0.25, 0.3) is 0 Å². The van der Waals surface area contributed by atoms with Crippen LogP contribution < -0.4 is 10.2 Å². The molecule has 3 rings (SSSR count). The molecule has 0 aliphatic carbocycles. The van der Waals surface area contributed by atoms with Crippen molar-refractivity contribution in [2.24, 2.45) is 0 Å². The minimum atomic E-state index is -0.304. The van der Waals surface area contributed by atoms with E-state index in [1.54, 1.807) is 11.0 Å². The molecule has 0 radical (unpaired) electrons. The zero-order chi connectivity index (χ0) is 15.5. The van der Waals surface area contributed by atoms with E-state index in [2.05, 4.69) is 16.4 Å². The SMILES string of the molecule is Cc1ccc(NC2CCN(c3ccccc3)C2=O)nc1C#N. The van der Waals surface area contributed by atoms with Crippen molar-refractivity contribution >= 4 is 17.4 Å². The van der Waals surface area contributed by atoms with Crippen LogP contribution in [0.4, 0.5) is 11.5 Å². The largest absolute Gasteiger partial charge is 0.358 e. The molecule has 5 heteroatoms. The zero-order valence-electron chi connectivity index (χ0n) is 12.3. The minimum Gasteiger partial charge on any atom is -0.358 e. The van der Waals surface area contributed by atoms with E-state index in [9.17, 15) is 4.79 Å². The summed E-state index contributed by atoms with van der Waals surface area (Å²) < 4.78 is 0. The van der Waals surface area contributed by atoms with E-state index in [1.165, 1.54) is 0 Å². The maximum absolute atomic E-state index is 12.5. The molecule has 1 aliphatic heterocycles. The fourth-order valence-corrected chi connectivity index (χ4v) is 2.58. The monoisotopic (exact) mass is 292 g/mol. The number of benzene rings is 1. The number of aryl methyl sites for hydroxylation is 1. The van der Waals surface area contributed by atoms with Crippen LogP contribution in [-0.4, -0.2) is 23.5 Å². The van der Waals surface area contributed by atoms with Gasteiger partial charge in [0, 0.05) is 12.2 Å². The van der Waals surface area contributed by atoms with Crippen LogP contribution in [0.1, 0.15) is 17.7 Å². The highest BCUT2D eigenvalue weighted by Crippen LogP contribution is 2.23. The molecular formula is C17H16N4O. The third kappa shape index (κ3) is 2.63. The predicted molar refractivity (Wildman–Crippen MR) is 84.5 cm³/mol. The van der Waals surface area contributed by atoms with Gasteiger partial charge >= 0.3 is 0 Å². The van der Waals surface area contributed by atoms with Crippen LogP contribution in [0.15, 0.2) is 42.5 Å². The second-order valence-electron chi connectivity index (χ2n) is 5.28. The van der Waals surface area contributed by atoms with E-state index < -0.39 is 0 Å². The maximum atomic E-state index is 12.5. The lowest BCUT2D eigenvalue weighted by atomic mass is 10.2. The average molecular weight is 292 g/mol. The average Bonchev–Trinajstić information content (AvgIpc) is 2.91. The number of nitriles is 1. The predicted octanol–water partition coefficient (Wildman–Crippen LogP) is 2.48. The first-order valence-electron chi connectivity index (χ1n) is 7.20. The van der Waals surface area contributed by atoms with Gasteiger partial charge in [-0.1, -0.05) is 24.3 Å². The molecule has 1 aliphatic rings. The molecule has 0 bridgehead atoms. The number of pyridine rings is 1. The Kier molecular flexibility index (Phi) is 3.75. The van der Waals surface area contributed by atoms with Crippen molar-refractivity contribution in [1.82, 2.24) is 4.98 Å². The third-order valence-corrected chi connectivity index (χ3v) is 3.80. The van der Waals surface area contributed by atoms with Gasteiger partial charge in [-0.05, 0) is 37.1 Å². The molecule has 1 saturated heterocycles. The summed E-state index contributed by atoms with van der Waals surface area (Å²) in [4.78, 5) is 18.5. The van der Waals surface area contributed by atoms with Crippen molar-refractivity contribution in [2.75, 3.05) is 16.8 Å². The number of aromatic nitrogens is 1. The number of carbonyl (C=O) groups excluding carboxylic acids is 1. The van der Waals surface area contributed by atoms with Gasteiger partial charge in [0.1, 0.15) is 23.6 Å². The molecule has 1 amide bonds. The molecule has 0 saturated carbocycles. The van der Waals surface area contributed by atoms with Crippen LogP contribution >= 0.6 is 0 Å². The fraction of sp³-hybridized carbons (Fsp3) is 0.235. The molecule has 110 valence electrons. The molecule has 1 unspecified atom stereocenters. The van der Waals surface area contributed by atoms with Gasteiger partial charge in [-0.3, -0.25) is 4.79 Å². The molecule has 1 N–H and O–H groups in total. The Morgan fingerprint density at radius 1 is 1.27 bits per heavy atom. The van der Waals surface area contributed by atoms with Crippen molar-refractivity contribution in [3.05, 3.63) is 53.7 Å². The molecule has 22 heavy (non-hydrogen) atoms. The molecule has 1 fully saturated rings. The third-order valence-electron chi connectivity index (χ3n) is 3.80. The first kappa shape index (κ1) is 14.1. The van der Waals surface area contributed by atoms with Gasteiger partial charge in [0.05, 0.1) is 0 Å². The molecular weight excluding hydrogens is 276 g/mol. The molecule has 2 heterocycles. The fourth-order valence-electron chi connectivity index (χ4n) is 2.58. The van der Waals surface area contributed by atoms with Crippen LogP contribution in [0.25, 0.3) is 0 Å². The Bertz CT molecular complexity index is 736. The number of hydrogen-bond acceptors (Lipinski definition) is 4. The Hall–Kier alpha value is -2.87. The lowest BCUT2D eigenvalue weighted by Crippen LogP contribution is -2.33. The van der Waals surface area contributed by atoms with E-state index in [0.29, 0.717) is 24.5 Å². The first-order valence-corrected chi connectivity index (χ1v) is 7.20. The molecule has 2 aromatic rings. The van der Waals surface area contributed by atoms with Crippen molar-refractivity contribution in [1.29, 1.82) is 5.26 Å². The van der Waals surface area contributed by atoms with Gasteiger partial charge in [-0.25, -0.2) is 4.98 Å². The Morgan fingerprint density at radius 2 is 2.05 bits per heavy atom. The zero-order valence-corrected chi connectivity index (χ0v) is 12.3. The highest BCUT2D eigenvalue weighted by molar-refractivity contribution is 6.00. The quantitative estimate of drug-likeness (QED) is 0.943. The number of carbonyl (C=O) groups is 1. The van der Waals surface area contributed by atoms with Crippen LogP contribution in [0.2, 0.25) is 0 Å². The molecule has 1 aromatic carbocycles. The lowest BCUT2D eigenvalue weighted by molar-refractivity contribution is -0.117. The topological polar surface area (TPSA) is 69.0 Å². The molecule has 0 spiro atoms. The smallest absolute Gasteiger partial charge is 0.249 e. The van der Waals surface area contributed by atoms with Gasteiger partial charge in [0.15, 0.2) is 0 Å². The van der Waals surface area contributed by atoms with Gasteiger partial charge in [-0.15, -0.1) is 0 Å². The summed E-state index contributed by atoms with van der Waals surface area (Å²) in [5.74, 6) is 0.600. The van der Waals surface area contributed by atoms with Crippen LogP contribution in [-0.2, 0) is 4.79 Å². The summed E-state index contributed by atoms with van der Waals surface area (Å²) in [7, 11) is 0. The lowest BCUT2D eigenvalue weighted by Gasteiger charge is -2.17. The van der Waals surface area contributed by atoms with Crippen molar-refractivity contribution < 1.29 is 4.79 Å². The summed E-state index contributed by atoms with van der Waals surface area (Å²) in [6, 6.07) is 15.0. The van der Waals surface area contributed by atoms with Gasteiger partial charge in [-0.2, -0.15) is 5.26 Å². The standard InChI is InChI=1S/C17H16N4O/c1-12-7-8-16(20-15(12)11-18)19-14-9-10-21(17(14)22)13-5-3-2-4-6-13/h2-8,14H,9-10H2,1H3,(H,19,20). The molecule has 1 aromatic heterocycles. The van der Waals surface area contributed by atoms with Crippen molar-refractivity contribution in [2.45, 2.75) is 19.4 Å². The molecule has 5 nitrogen and oxygen atoms in total. The van der Waals surface area contributed by atoms with Crippen molar-refractivity contribution in [3.63, 3.8) is 0 Å². The van der Waals surface area contributed by atoms with E-state index in [4.69, 9.17) is 5.26 Å². The summed E-state index contributed by atoms with van der Waals surface area (Å²) in [6.07, 6.45) is 0.713. The molecule has 1 atom stereocenters. The normalized spacial score (nSPS) is 17.4. The van der Waals surface area contributed by atoms with Crippen LogP contribution in [0, 0.1) is 18.3 Å². The first-order chi connectivity index (χ1) is 10.7. The maximum Gasteiger partial charge on any atom is 0.249 e. The van der Waals surface area contributed by atoms with Gasteiger partial charge < -0.3 is 10.2 Å². The van der Waals surface area contributed by atoms with E-state index in [0.717, 1.165) is 11.3 Å². The second-order valence-corrected chi connectivity index (χ2v) is 5.28. The number of nitrogens with one attached hydrogen (secondary N) is 1. The Labute approximate surface area is 129 Å². The summed E-state index contributed by atoms with van der Waals surface area (Å²) >= 11 is 0. The highest BCUT2D eigenvalue weighted by atomic mass is 16.2. The minimum absolute atomic E-state index is 0.0343. The number of para-hydroxylation sites is 1. The summed E-state index contributed by atoms with van der Waals surface area (Å²) in [5.41, 5.74) is 2.12. The van der Waals surface area contributed by atoms with E-state index >= 15 is 0 Å². The van der Waals surface area contributed by atoms with Gasteiger partial charge in [0.2, 0.25) is 5.91 Å². The van der Waals surface area contributed by atoms with Crippen LogP contribution in [0.3, 0.4) is 0 Å². The van der Waals surface area contributed by atoms with Crippen LogP contribution in [0.5, 0.6) is 0 Å². The van der Waals surface area contributed by atoms with E-state index in [-0.39, 0.29) is 11.9 Å². The van der Waals surface area contributed by atoms with Crippen molar-refractivity contribution in [3.8, 4) is 6.07 Å². The Morgan fingerprint density at radius 3 is 2.77 bits per heavy atom. The number of amides is 1. The number of rotatable bonds is 3. The number of anilines is 2. The number of nitrogens with zero attached hydrogens (tertiary/aromatic N) is 3. The summed E-state index contributed by atoms with van der Waals surface area (Å²) in [5, 5.41) is 12.2.